The Morgan fingerprint density at radius 1 is 1.00 bits per heavy atom. The largest absolute Gasteiger partial charge is 0.493 e. The molecule has 0 spiro atoms. The molecule has 0 radical (unpaired) electrons. The number of nitrogens with zero attached hydrogens (tertiary/aromatic N) is 1. The average Bonchev–Trinajstić information content (AvgIpc) is 3.33. The van der Waals surface area contributed by atoms with Gasteiger partial charge in [0.1, 0.15) is 5.00 Å². The molecule has 2 N–H and O–H groups in total. The molecule has 0 bridgehead atoms. The van der Waals surface area contributed by atoms with Gasteiger partial charge in [-0.05, 0) is 55.3 Å². The fourth-order valence-corrected chi connectivity index (χ4v) is 6.56. The van der Waals surface area contributed by atoms with Crippen LogP contribution in [0.4, 0.5) is 10.7 Å². The highest BCUT2D eigenvalue weighted by atomic mass is 32.2. The molecule has 2 aromatic carbocycles. The SMILES string of the molecule is COC(=O)c1c(NC(=O)C(C)Sc2cccc(NC(=O)c3ccc(OC)c(OC)c3)c2)sc2c1CCN(C(C)=O)C2. The molecule has 1 unspecified atom stereocenters. The zero-order valence-corrected chi connectivity index (χ0v) is 25.0. The third-order valence-electron chi connectivity index (χ3n) is 6.55. The number of nitrogens with one attached hydrogen (secondary N) is 2. The lowest BCUT2D eigenvalue weighted by atomic mass is 10.0. The van der Waals surface area contributed by atoms with Crippen LogP contribution in [-0.4, -0.2) is 61.7 Å². The lowest BCUT2D eigenvalue weighted by molar-refractivity contribution is -0.129. The second-order valence-electron chi connectivity index (χ2n) is 9.19. The summed E-state index contributed by atoms with van der Waals surface area (Å²) < 4.78 is 15.5. The van der Waals surface area contributed by atoms with E-state index < -0.39 is 11.2 Å². The molecule has 3 aromatic rings. The lowest BCUT2D eigenvalue weighted by Crippen LogP contribution is -2.33. The molecule has 1 aromatic heterocycles. The van der Waals surface area contributed by atoms with E-state index in [0.29, 0.717) is 52.8 Å². The van der Waals surface area contributed by atoms with E-state index in [2.05, 4.69) is 10.6 Å². The maximum absolute atomic E-state index is 13.2. The van der Waals surface area contributed by atoms with Crippen LogP contribution in [0.1, 0.15) is 45.0 Å². The summed E-state index contributed by atoms with van der Waals surface area (Å²) in [6, 6.07) is 12.1. The summed E-state index contributed by atoms with van der Waals surface area (Å²) in [6.45, 7) is 4.17. The minimum Gasteiger partial charge on any atom is -0.493 e. The monoisotopic (exact) mass is 597 g/mol. The molecule has 0 aliphatic carbocycles. The molecule has 2 heterocycles. The van der Waals surface area contributed by atoms with E-state index in [-0.39, 0.29) is 17.7 Å². The average molecular weight is 598 g/mol. The van der Waals surface area contributed by atoms with Gasteiger partial charge >= 0.3 is 5.97 Å². The van der Waals surface area contributed by atoms with Gasteiger partial charge in [0.2, 0.25) is 11.8 Å². The van der Waals surface area contributed by atoms with Crippen LogP contribution in [0.25, 0.3) is 0 Å². The van der Waals surface area contributed by atoms with Crippen molar-refractivity contribution < 1.29 is 33.4 Å². The van der Waals surface area contributed by atoms with Crippen LogP contribution in [0, 0.1) is 0 Å². The molecule has 1 aliphatic heterocycles. The second kappa shape index (κ2) is 13.1. The number of thiophene rings is 1. The van der Waals surface area contributed by atoms with Gasteiger partial charge in [-0.25, -0.2) is 4.79 Å². The zero-order chi connectivity index (χ0) is 29.7. The predicted octanol–water partition coefficient (Wildman–Crippen LogP) is 4.83. The Morgan fingerprint density at radius 2 is 1.76 bits per heavy atom. The molecule has 0 saturated carbocycles. The highest BCUT2D eigenvalue weighted by Crippen LogP contribution is 2.38. The third-order valence-corrected chi connectivity index (χ3v) is 8.77. The number of hydrogen-bond acceptors (Lipinski definition) is 9. The lowest BCUT2D eigenvalue weighted by Gasteiger charge is -2.25. The van der Waals surface area contributed by atoms with E-state index in [9.17, 15) is 19.2 Å². The van der Waals surface area contributed by atoms with E-state index >= 15 is 0 Å². The molecule has 1 atom stereocenters. The third kappa shape index (κ3) is 6.83. The van der Waals surface area contributed by atoms with Gasteiger partial charge in [-0.1, -0.05) is 6.07 Å². The van der Waals surface area contributed by atoms with Gasteiger partial charge in [0.25, 0.3) is 5.91 Å². The van der Waals surface area contributed by atoms with Gasteiger partial charge in [0.05, 0.1) is 38.7 Å². The number of carbonyl (C=O) groups is 4. The molecular formula is C29H31N3O7S2. The second-order valence-corrected chi connectivity index (χ2v) is 11.7. The summed E-state index contributed by atoms with van der Waals surface area (Å²) in [5.74, 6) is -0.202. The van der Waals surface area contributed by atoms with Gasteiger partial charge in [0.15, 0.2) is 11.5 Å². The van der Waals surface area contributed by atoms with Crippen molar-refractivity contribution in [2.45, 2.75) is 37.0 Å². The van der Waals surface area contributed by atoms with Crippen molar-refractivity contribution in [2.75, 3.05) is 38.5 Å². The predicted molar refractivity (Wildman–Crippen MR) is 158 cm³/mol. The first kappa shape index (κ1) is 29.9. The molecule has 0 fully saturated rings. The molecule has 4 rings (SSSR count). The Balaban J connectivity index is 1.45. The van der Waals surface area contributed by atoms with Crippen molar-refractivity contribution in [3.63, 3.8) is 0 Å². The number of ether oxygens (including phenoxy) is 3. The fraction of sp³-hybridized carbons (Fsp3) is 0.310. The van der Waals surface area contributed by atoms with Gasteiger partial charge in [0, 0.05) is 34.5 Å². The normalized spacial score (nSPS) is 13.0. The van der Waals surface area contributed by atoms with E-state index in [1.165, 1.54) is 51.4 Å². The number of rotatable bonds is 9. The van der Waals surface area contributed by atoms with Crippen molar-refractivity contribution in [1.29, 1.82) is 0 Å². The Morgan fingerprint density at radius 3 is 2.44 bits per heavy atom. The van der Waals surface area contributed by atoms with Crippen molar-refractivity contribution in [3.8, 4) is 11.5 Å². The zero-order valence-electron chi connectivity index (χ0n) is 23.4. The number of fused-ring (bicyclic) bond motifs is 1. The number of benzene rings is 2. The van der Waals surface area contributed by atoms with Gasteiger partial charge in [-0.3, -0.25) is 14.4 Å². The van der Waals surface area contributed by atoms with Crippen LogP contribution in [-0.2, 0) is 27.3 Å². The van der Waals surface area contributed by atoms with Crippen LogP contribution in [0.3, 0.4) is 0 Å². The minimum absolute atomic E-state index is 0.0404. The van der Waals surface area contributed by atoms with Crippen LogP contribution in [0.15, 0.2) is 47.4 Å². The Labute approximate surface area is 246 Å². The maximum atomic E-state index is 13.2. The summed E-state index contributed by atoms with van der Waals surface area (Å²) in [5.41, 5.74) is 2.13. The van der Waals surface area contributed by atoms with Gasteiger partial charge < -0.3 is 29.7 Å². The van der Waals surface area contributed by atoms with Crippen LogP contribution < -0.4 is 20.1 Å². The van der Waals surface area contributed by atoms with Crippen molar-refractivity contribution >= 4 is 57.5 Å². The Hall–Kier alpha value is -4.03. The number of thioether (sulfide) groups is 1. The van der Waals surface area contributed by atoms with E-state index in [1.807, 2.05) is 6.07 Å². The first-order chi connectivity index (χ1) is 19.6. The number of carbonyl (C=O) groups excluding carboxylic acids is 4. The van der Waals surface area contributed by atoms with Crippen molar-refractivity contribution in [1.82, 2.24) is 4.90 Å². The van der Waals surface area contributed by atoms with E-state index in [0.717, 1.165) is 15.3 Å². The highest BCUT2D eigenvalue weighted by molar-refractivity contribution is 8.00. The van der Waals surface area contributed by atoms with Crippen LogP contribution in [0.5, 0.6) is 11.5 Å². The summed E-state index contributed by atoms with van der Waals surface area (Å²) in [4.78, 5) is 53.9. The highest BCUT2D eigenvalue weighted by Gasteiger charge is 2.30. The molecule has 10 nitrogen and oxygen atoms in total. The summed E-state index contributed by atoms with van der Waals surface area (Å²) in [5, 5.41) is 5.66. The van der Waals surface area contributed by atoms with Crippen molar-refractivity contribution in [2.24, 2.45) is 0 Å². The maximum Gasteiger partial charge on any atom is 0.341 e. The standard InChI is InChI=1S/C29H31N3O7S2/c1-16(26(34)31-28-25(29(36)39-5)21-11-12-32(17(2)33)15-24(21)41-28)40-20-8-6-7-19(14-20)30-27(35)18-9-10-22(37-3)23(13-18)38-4/h6-10,13-14,16H,11-12,15H2,1-5H3,(H,30,35)(H,31,34). The van der Waals surface area contributed by atoms with E-state index in [1.54, 1.807) is 48.2 Å². The molecular weight excluding hydrogens is 566 g/mol. The summed E-state index contributed by atoms with van der Waals surface area (Å²) >= 11 is 2.60. The fourth-order valence-electron chi connectivity index (χ4n) is 4.38. The molecule has 41 heavy (non-hydrogen) atoms. The minimum atomic E-state index is -0.523. The van der Waals surface area contributed by atoms with E-state index in [4.69, 9.17) is 14.2 Å². The molecule has 0 saturated heterocycles. The summed E-state index contributed by atoms with van der Waals surface area (Å²) in [7, 11) is 4.33. The molecule has 12 heteroatoms. The Kier molecular flexibility index (Phi) is 9.56. The number of esters is 1. The number of amides is 3. The molecule has 216 valence electrons. The first-order valence-corrected chi connectivity index (χ1v) is 14.4. The quantitative estimate of drug-likeness (QED) is 0.266. The van der Waals surface area contributed by atoms with Gasteiger partial charge in [-0.15, -0.1) is 23.1 Å². The van der Waals surface area contributed by atoms with Crippen LogP contribution in [0.2, 0.25) is 0 Å². The summed E-state index contributed by atoms with van der Waals surface area (Å²) in [6.07, 6.45) is 0.512. The first-order valence-electron chi connectivity index (χ1n) is 12.7. The Bertz CT molecular complexity index is 1490. The topological polar surface area (TPSA) is 123 Å². The number of methoxy groups -OCH3 is 3. The number of hydrogen-bond donors (Lipinski definition) is 2. The van der Waals surface area contributed by atoms with Crippen molar-refractivity contribution in [3.05, 3.63) is 64.0 Å². The molecule has 1 aliphatic rings. The number of anilines is 2. The van der Waals surface area contributed by atoms with Gasteiger partial charge in [-0.2, -0.15) is 0 Å². The molecule has 3 amide bonds. The smallest absolute Gasteiger partial charge is 0.341 e. The van der Waals surface area contributed by atoms with Crippen LogP contribution >= 0.6 is 23.1 Å².